The molecule has 0 radical (unpaired) electrons. The highest BCUT2D eigenvalue weighted by Crippen LogP contribution is 2.35. The first kappa shape index (κ1) is 50.4. The van der Waals surface area contributed by atoms with Gasteiger partial charge in [-0.2, -0.15) is 0 Å². The van der Waals surface area contributed by atoms with E-state index < -0.39 is 5.41 Å². The van der Waals surface area contributed by atoms with Crippen LogP contribution < -0.4 is 0 Å². The lowest BCUT2D eigenvalue weighted by Gasteiger charge is -2.28. The van der Waals surface area contributed by atoms with Gasteiger partial charge in [0.2, 0.25) is 0 Å². The number of aromatic hydroxyl groups is 3. The van der Waals surface area contributed by atoms with Gasteiger partial charge in [-0.15, -0.1) is 0 Å². The fourth-order valence-corrected chi connectivity index (χ4v) is 9.43. The number of hydrogen-bond donors (Lipinski definition) is 3. The summed E-state index contributed by atoms with van der Waals surface area (Å²) in [5, 5.41) is 35.2. The smallest absolute Gasteiger partial charge is 0.128 e. The second-order valence-electron chi connectivity index (χ2n) is 23.2. The van der Waals surface area contributed by atoms with Crippen molar-refractivity contribution in [2.24, 2.45) is 20.4 Å². The van der Waals surface area contributed by atoms with Crippen LogP contribution in [0.25, 0.3) is 0 Å². The van der Waals surface area contributed by atoms with Crippen molar-refractivity contribution in [1.82, 2.24) is 14.7 Å². The minimum Gasteiger partial charge on any atom is -0.507 e. The first-order valence-corrected chi connectivity index (χ1v) is 24.9. The molecule has 65 heavy (non-hydrogen) atoms. The highest BCUT2D eigenvalue weighted by molar-refractivity contribution is 5.86. The highest BCUT2D eigenvalue weighted by atomic mass is 16.3. The van der Waals surface area contributed by atoms with Gasteiger partial charge in [0.15, 0.2) is 0 Å². The molecule has 3 heterocycles. The standard InChI is InChI=1S/C56H84N6O3/c1-53(2,3)47-26-41(50(63)44(29-47)35-60-20-14-11-15-21-60)32-57-38-56(10,39-58-33-42-27-48(54(4,5)6)30-45(51(42)64)36-61-22-16-12-17-23-61)40-59-34-43-28-49(55(7,8)9)31-46(52(43)65)37-62-24-18-13-19-25-62/h26-34,63-65H,11-25,35-40H2,1-10H3. The van der Waals surface area contributed by atoms with Crippen molar-refractivity contribution in [3.8, 4) is 17.2 Å². The van der Waals surface area contributed by atoms with Gasteiger partial charge >= 0.3 is 0 Å². The van der Waals surface area contributed by atoms with E-state index >= 15 is 0 Å². The second-order valence-corrected chi connectivity index (χ2v) is 23.2. The van der Waals surface area contributed by atoms with E-state index in [4.69, 9.17) is 15.0 Å². The van der Waals surface area contributed by atoms with Gasteiger partial charge in [0.25, 0.3) is 0 Å². The molecule has 0 amide bonds. The zero-order valence-electron chi connectivity index (χ0n) is 42.1. The molecule has 0 atom stereocenters. The van der Waals surface area contributed by atoms with Gasteiger partial charge in [-0.3, -0.25) is 29.7 Å². The van der Waals surface area contributed by atoms with Crippen LogP contribution in [0.15, 0.2) is 51.4 Å². The Balaban J connectivity index is 1.32. The fraction of sp³-hybridized carbons (Fsp3) is 0.625. The Bertz CT molecular complexity index is 1890. The summed E-state index contributed by atoms with van der Waals surface area (Å²) in [6.07, 6.45) is 16.5. The summed E-state index contributed by atoms with van der Waals surface area (Å²) in [6, 6.07) is 12.8. The van der Waals surface area contributed by atoms with Crippen LogP contribution in [0.5, 0.6) is 17.2 Å². The van der Waals surface area contributed by atoms with Crippen molar-refractivity contribution in [3.63, 3.8) is 0 Å². The maximum atomic E-state index is 11.7. The van der Waals surface area contributed by atoms with Crippen LogP contribution in [0.3, 0.4) is 0 Å². The largest absolute Gasteiger partial charge is 0.507 e. The van der Waals surface area contributed by atoms with Crippen molar-refractivity contribution in [2.45, 2.75) is 163 Å². The number of benzene rings is 3. The van der Waals surface area contributed by atoms with Crippen LogP contribution in [-0.4, -0.2) is 108 Å². The van der Waals surface area contributed by atoms with E-state index in [0.29, 0.717) is 36.9 Å². The lowest BCUT2D eigenvalue weighted by atomic mass is 9.84. The molecule has 3 aromatic rings. The topological polar surface area (TPSA) is 107 Å². The number of likely N-dealkylation sites (tertiary alicyclic amines) is 3. The van der Waals surface area contributed by atoms with E-state index in [-0.39, 0.29) is 16.2 Å². The molecule has 3 aliphatic rings. The summed E-state index contributed by atoms with van der Waals surface area (Å²) in [7, 11) is 0. The maximum Gasteiger partial charge on any atom is 0.128 e. The molecule has 0 bridgehead atoms. The number of phenolic OH excluding ortho intramolecular Hbond substituents is 3. The van der Waals surface area contributed by atoms with Crippen molar-refractivity contribution in [2.75, 3.05) is 58.9 Å². The number of aliphatic imine (C=N–C) groups is 3. The van der Waals surface area contributed by atoms with Crippen LogP contribution >= 0.6 is 0 Å². The second kappa shape index (κ2) is 21.7. The quantitative estimate of drug-likeness (QED) is 0.131. The molecule has 3 aromatic carbocycles. The predicted molar refractivity (Wildman–Crippen MR) is 273 cm³/mol. The normalized spacial score (nSPS) is 18.9. The molecule has 0 unspecified atom stereocenters. The van der Waals surface area contributed by atoms with Crippen LogP contribution in [0.2, 0.25) is 0 Å². The number of piperidine rings is 3. The Labute approximate surface area is 393 Å². The summed E-state index contributed by atoms with van der Waals surface area (Å²) in [4.78, 5) is 22.6. The van der Waals surface area contributed by atoms with E-state index in [9.17, 15) is 15.3 Å². The van der Waals surface area contributed by atoms with Gasteiger partial charge in [-0.25, -0.2) is 0 Å². The molecule has 3 saturated heterocycles. The lowest BCUT2D eigenvalue weighted by Crippen LogP contribution is -2.29. The van der Waals surface area contributed by atoms with Crippen LogP contribution in [0.1, 0.15) is 177 Å². The molecule has 3 fully saturated rings. The number of phenols is 3. The monoisotopic (exact) mass is 889 g/mol. The van der Waals surface area contributed by atoms with Gasteiger partial charge < -0.3 is 15.3 Å². The highest BCUT2D eigenvalue weighted by Gasteiger charge is 2.27. The van der Waals surface area contributed by atoms with Crippen molar-refractivity contribution in [3.05, 3.63) is 86.5 Å². The Hall–Kier alpha value is -4.05. The molecular formula is C56H84N6O3. The van der Waals surface area contributed by atoms with Gasteiger partial charge in [-0.05, 0) is 129 Å². The molecule has 356 valence electrons. The van der Waals surface area contributed by atoms with E-state index in [1.807, 2.05) is 18.6 Å². The van der Waals surface area contributed by atoms with Crippen molar-refractivity contribution >= 4 is 18.6 Å². The van der Waals surface area contributed by atoms with Gasteiger partial charge in [0.1, 0.15) is 17.2 Å². The molecule has 0 aromatic heterocycles. The average Bonchev–Trinajstić information content (AvgIpc) is 3.24. The number of hydrogen-bond acceptors (Lipinski definition) is 9. The third-order valence-corrected chi connectivity index (χ3v) is 13.9. The molecule has 3 aliphatic heterocycles. The third-order valence-electron chi connectivity index (χ3n) is 13.9. The molecule has 3 N–H and O–H groups in total. The third kappa shape index (κ3) is 14.2. The van der Waals surface area contributed by atoms with Crippen LogP contribution in [0.4, 0.5) is 0 Å². The number of nitrogens with zero attached hydrogens (tertiary/aromatic N) is 6. The minimum absolute atomic E-state index is 0.0993. The molecular weight excluding hydrogens is 805 g/mol. The molecule has 9 nitrogen and oxygen atoms in total. The van der Waals surface area contributed by atoms with Crippen LogP contribution in [0, 0.1) is 5.41 Å². The number of rotatable bonds is 15. The van der Waals surface area contributed by atoms with Crippen molar-refractivity contribution < 1.29 is 15.3 Å². The Morgan fingerprint density at radius 3 is 0.877 bits per heavy atom. The van der Waals surface area contributed by atoms with E-state index in [1.165, 1.54) is 74.5 Å². The molecule has 0 saturated carbocycles. The summed E-state index contributed by atoms with van der Waals surface area (Å²) >= 11 is 0. The molecule has 0 spiro atoms. The zero-order chi connectivity index (χ0) is 47.0. The van der Waals surface area contributed by atoms with E-state index in [0.717, 1.165) is 92.3 Å². The lowest BCUT2D eigenvalue weighted by molar-refractivity contribution is 0.218. The Morgan fingerprint density at radius 1 is 0.400 bits per heavy atom. The SMILES string of the molecule is CC(CN=Cc1cc(C(C)(C)C)cc(CN2CCCCC2)c1O)(CN=Cc1cc(C(C)(C)C)cc(CN2CCCCC2)c1O)CN=Cc1cc(C(C)(C)C)cc(CN2CCCCC2)c1O. The van der Waals surface area contributed by atoms with Crippen molar-refractivity contribution in [1.29, 1.82) is 0 Å². The van der Waals surface area contributed by atoms with Gasteiger partial charge in [0.05, 0.1) is 0 Å². The van der Waals surface area contributed by atoms with Crippen LogP contribution in [-0.2, 0) is 35.9 Å². The Kier molecular flexibility index (Phi) is 16.8. The summed E-state index contributed by atoms with van der Waals surface area (Å²) in [5.41, 5.74) is 7.74. The first-order valence-electron chi connectivity index (χ1n) is 24.9. The Morgan fingerprint density at radius 2 is 0.646 bits per heavy atom. The summed E-state index contributed by atoms with van der Waals surface area (Å²) in [6.45, 7) is 31.8. The zero-order valence-corrected chi connectivity index (χ0v) is 42.1. The minimum atomic E-state index is -0.529. The van der Waals surface area contributed by atoms with Gasteiger partial charge in [0, 0.05) is 96.7 Å². The van der Waals surface area contributed by atoms with Gasteiger partial charge in [-0.1, -0.05) is 107 Å². The first-order chi connectivity index (χ1) is 30.7. The fourth-order valence-electron chi connectivity index (χ4n) is 9.43. The predicted octanol–water partition coefficient (Wildman–Crippen LogP) is 11.3. The molecule has 9 heteroatoms. The molecule has 6 rings (SSSR count). The van der Waals surface area contributed by atoms with E-state index in [1.54, 1.807) is 0 Å². The average molecular weight is 889 g/mol. The summed E-state index contributed by atoms with van der Waals surface area (Å²) < 4.78 is 0. The maximum absolute atomic E-state index is 11.7. The summed E-state index contributed by atoms with van der Waals surface area (Å²) in [5.74, 6) is 0.901. The molecule has 0 aliphatic carbocycles. The van der Waals surface area contributed by atoms with E-state index in [2.05, 4.69) is 120 Å².